The molecule has 0 atom stereocenters. The molecule has 0 aliphatic carbocycles. The van der Waals surface area contributed by atoms with Gasteiger partial charge in [-0.2, -0.15) is 0 Å². The van der Waals surface area contributed by atoms with E-state index in [0.717, 1.165) is 6.07 Å². The highest BCUT2D eigenvalue weighted by Gasteiger charge is 2.22. The Morgan fingerprint density at radius 2 is 1.95 bits per heavy atom. The zero-order chi connectivity index (χ0) is 15.1. The van der Waals surface area contributed by atoms with Crippen molar-refractivity contribution < 1.29 is 13.6 Å². The number of benzene rings is 1. The van der Waals surface area contributed by atoms with Crippen LogP contribution in [0.5, 0.6) is 0 Å². The van der Waals surface area contributed by atoms with Crippen molar-refractivity contribution in [1.82, 2.24) is 15.0 Å². The van der Waals surface area contributed by atoms with Crippen LogP contribution in [0.4, 0.5) is 14.5 Å². The molecule has 6 nitrogen and oxygen atoms in total. The Balaban J connectivity index is 2.28. The lowest BCUT2D eigenvalue weighted by Gasteiger charge is -2.10. The molecule has 0 spiro atoms. The van der Waals surface area contributed by atoms with Crippen LogP contribution in [-0.4, -0.2) is 20.9 Å². The molecule has 1 aromatic carbocycles. The van der Waals surface area contributed by atoms with Crippen LogP contribution in [0.1, 0.15) is 10.4 Å². The van der Waals surface area contributed by atoms with Crippen molar-refractivity contribution in [3.63, 3.8) is 0 Å². The number of imidazole rings is 1. The number of hydrogen-bond donors (Lipinski definition) is 3. The van der Waals surface area contributed by atoms with Crippen molar-refractivity contribution in [3.05, 3.63) is 41.9 Å². The monoisotopic (exact) mass is 289 g/mol. The molecule has 0 unspecified atom stereocenters. The summed E-state index contributed by atoms with van der Waals surface area (Å²) in [6.45, 7) is 0. The number of nitrogens with one attached hydrogen (secondary N) is 1. The van der Waals surface area contributed by atoms with Gasteiger partial charge in [-0.3, -0.25) is 4.79 Å². The lowest BCUT2D eigenvalue weighted by molar-refractivity contribution is 0.0992. The molecule has 106 valence electrons. The summed E-state index contributed by atoms with van der Waals surface area (Å²) in [4.78, 5) is 22.0. The van der Waals surface area contributed by atoms with Crippen LogP contribution in [0.3, 0.4) is 0 Å². The zero-order valence-electron chi connectivity index (χ0n) is 10.5. The van der Waals surface area contributed by atoms with Crippen LogP contribution < -0.4 is 11.5 Å². The summed E-state index contributed by atoms with van der Waals surface area (Å²) in [6.07, 6.45) is 2.79. The van der Waals surface area contributed by atoms with E-state index < -0.39 is 23.1 Å². The zero-order valence-corrected chi connectivity index (χ0v) is 10.5. The van der Waals surface area contributed by atoms with Crippen molar-refractivity contribution in [3.8, 4) is 11.1 Å². The van der Waals surface area contributed by atoms with Crippen molar-refractivity contribution in [2.75, 3.05) is 5.73 Å². The van der Waals surface area contributed by atoms with E-state index in [1.54, 1.807) is 6.07 Å². The van der Waals surface area contributed by atoms with E-state index in [4.69, 9.17) is 11.5 Å². The number of carbonyl (C=O) groups is 1. The molecule has 2 heterocycles. The van der Waals surface area contributed by atoms with Crippen LogP contribution in [0, 0.1) is 11.6 Å². The fraction of sp³-hybridized carbons (Fsp3) is 0. The maximum Gasteiger partial charge on any atom is 0.254 e. The minimum atomic E-state index is -1.23. The van der Waals surface area contributed by atoms with Gasteiger partial charge in [0.2, 0.25) is 0 Å². The Labute approximate surface area is 116 Å². The van der Waals surface area contributed by atoms with Crippen molar-refractivity contribution in [2.24, 2.45) is 5.73 Å². The number of nitrogens with two attached hydrogens (primary N) is 2. The number of carbonyl (C=O) groups excluding carboxylic acids is 1. The van der Waals surface area contributed by atoms with Crippen LogP contribution in [0.2, 0.25) is 0 Å². The minimum Gasteiger partial charge on any atom is -0.396 e. The Morgan fingerprint density at radius 3 is 2.67 bits per heavy atom. The topological polar surface area (TPSA) is 111 Å². The van der Waals surface area contributed by atoms with Gasteiger partial charge in [0.05, 0.1) is 17.5 Å². The van der Waals surface area contributed by atoms with Gasteiger partial charge in [0.15, 0.2) is 11.5 Å². The average Bonchev–Trinajstić information content (AvgIpc) is 2.90. The summed E-state index contributed by atoms with van der Waals surface area (Å²) in [5, 5.41) is 0. The highest BCUT2D eigenvalue weighted by Crippen LogP contribution is 2.30. The number of amides is 1. The number of nitrogens with zero attached hydrogens (tertiary/aromatic N) is 2. The van der Waals surface area contributed by atoms with Crippen LogP contribution >= 0.6 is 0 Å². The number of hydrogen-bond acceptors (Lipinski definition) is 4. The van der Waals surface area contributed by atoms with Gasteiger partial charge in [-0.05, 0) is 12.1 Å². The molecule has 1 amide bonds. The molecule has 0 aliphatic heterocycles. The van der Waals surface area contributed by atoms with Crippen molar-refractivity contribution in [1.29, 1.82) is 0 Å². The van der Waals surface area contributed by atoms with Gasteiger partial charge in [-0.25, -0.2) is 18.7 Å². The first-order chi connectivity index (χ1) is 9.99. The molecule has 3 rings (SSSR count). The quantitative estimate of drug-likeness (QED) is 0.622. The molecule has 5 N–H and O–H groups in total. The number of H-pyrrole nitrogens is 1. The van der Waals surface area contributed by atoms with Crippen molar-refractivity contribution >= 4 is 22.8 Å². The largest absolute Gasteiger partial charge is 0.396 e. The number of aromatic amines is 1. The normalized spacial score (nSPS) is 11.0. The summed E-state index contributed by atoms with van der Waals surface area (Å²) >= 11 is 0. The molecule has 0 saturated carbocycles. The van der Waals surface area contributed by atoms with Gasteiger partial charge in [0, 0.05) is 17.3 Å². The number of rotatable bonds is 2. The predicted molar refractivity (Wildman–Crippen MR) is 72.2 cm³/mol. The third-order valence-electron chi connectivity index (χ3n) is 3.06. The summed E-state index contributed by atoms with van der Waals surface area (Å²) in [7, 11) is 0. The van der Waals surface area contributed by atoms with E-state index >= 15 is 0 Å². The summed E-state index contributed by atoms with van der Waals surface area (Å²) in [6, 6.07) is 2.66. The van der Waals surface area contributed by atoms with E-state index in [0.29, 0.717) is 16.7 Å². The molecular weight excluding hydrogens is 280 g/mol. The van der Waals surface area contributed by atoms with E-state index in [1.807, 2.05) is 0 Å². The van der Waals surface area contributed by atoms with E-state index in [2.05, 4.69) is 15.0 Å². The second-order valence-corrected chi connectivity index (χ2v) is 4.38. The molecule has 0 radical (unpaired) electrons. The smallest absolute Gasteiger partial charge is 0.254 e. The minimum absolute atomic E-state index is 0.0632. The Kier molecular flexibility index (Phi) is 2.79. The molecule has 0 aliphatic rings. The van der Waals surface area contributed by atoms with Gasteiger partial charge in [0.25, 0.3) is 5.91 Å². The standard InChI is InChI=1S/C13H9F2N5O/c14-10-6(2-7(16)11(15)9(10)12(17)21)5-1-8-13(18-3-5)20-4-19-8/h1-4H,16H2,(H2,17,21)(H,18,19,20). The SMILES string of the molecule is NC(=O)c1c(F)c(N)cc(-c2cnc3nc[nH]c3c2)c1F. The molecule has 0 fully saturated rings. The second-order valence-electron chi connectivity index (χ2n) is 4.38. The lowest BCUT2D eigenvalue weighted by Crippen LogP contribution is -2.17. The maximum absolute atomic E-state index is 14.3. The Bertz CT molecular complexity index is 874. The van der Waals surface area contributed by atoms with Gasteiger partial charge in [0.1, 0.15) is 11.4 Å². The number of pyridine rings is 1. The Hall–Kier alpha value is -3.03. The summed E-state index contributed by atoms with van der Waals surface area (Å²) in [5.41, 5.74) is 10.5. The van der Waals surface area contributed by atoms with Crippen LogP contribution in [0.25, 0.3) is 22.3 Å². The fourth-order valence-corrected chi connectivity index (χ4v) is 2.06. The van der Waals surface area contributed by atoms with E-state index in [-0.39, 0.29) is 11.3 Å². The first kappa shape index (κ1) is 13.0. The number of halogens is 2. The van der Waals surface area contributed by atoms with Gasteiger partial charge in [-0.15, -0.1) is 0 Å². The second kappa shape index (κ2) is 4.51. The third-order valence-corrected chi connectivity index (χ3v) is 3.06. The molecule has 21 heavy (non-hydrogen) atoms. The number of primary amides is 1. The molecule has 2 aromatic heterocycles. The molecule has 0 bridgehead atoms. The van der Waals surface area contributed by atoms with Gasteiger partial charge >= 0.3 is 0 Å². The molecule has 0 saturated heterocycles. The summed E-state index contributed by atoms with van der Waals surface area (Å²) in [5.74, 6) is -3.47. The van der Waals surface area contributed by atoms with Crippen molar-refractivity contribution in [2.45, 2.75) is 0 Å². The highest BCUT2D eigenvalue weighted by atomic mass is 19.1. The van der Waals surface area contributed by atoms with Gasteiger partial charge < -0.3 is 16.5 Å². The fourth-order valence-electron chi connectivity index (χ4n) is 2.06. The predicted octanol–water partition coefficient (Wildman–Crippen LogP) is 1.58. The third kappa shape index (κ3) is 1.97. The van der Waals surface area contributed by atoms with Crippen LogP contribution in [-0.2, 0) is 0 Å². The van der Waals surface area contributed by atoms with Crippen LogP contribution in [0.15, 0.2) is 24.7 Å². The highest BCUT2D eigenvalue weighted by molar-refractivity contribution is 5.96. The Morgan fingerprint density at radius 1 is 1.19 bits per heavy atom. The molecule has 3 aromatic rings. The number of fused-ring (bicyclic) bond motifs is 1. The lowest BCUT2D eigenvalue weighted by atomic mass is 10.0. The maximum atomic E-state index is 14.3. The average molecular weight is 289 g/mol. The molecule has 8 heteroatoms. The number of anilines is 1. The van der Waals surface area contributed by atoms with E-state index in [1.165, 1.54) is 12.5 Å². The first-order valence-electron chi connectivity index (χ1n) is 5.86. The molecular formula is C13H9F2N5O. The summed E-state index contributed by atoms with van der Waals surface area (Å²) < 4.78 is 28.0. The number of nitrogen functional groups attached to an aromatic ring is 1. The van der Waals surface area contributed by atoms with Gasteiger partial charge in [-0.1, -0.05) is 0 Å². The first-order valence-corrected chi connectivity index (χ1v) is 5.86. The number of aromatic nitrogens is 3. The van der Waals surface area contributed by atoms with E-state index in [9.17, 15) is 13.6 Å².